The number of carbonyl (C=O) groups is 1. The van der Waals surface area contributed by atoms with Crippen molar-refractivity contribution in [2.24, 2.45) is 5.92 Å². The van der Waals surface area contributed by atoms with Gasteiger partial charge in [0.25, 0.3) is 0 Å². The molecule has 2 N–H and O–H groups in total. The fourth-order valence-corrected chi connectivity index (χ4v) is 2.63. The van der Waals surface area contributed by atoms with Crippen LogP contribution >= 0.6 is 0 Å². The van der Waals surface area contributed by atoms with Crippen LogP contribution in [0.1, 0.15) is 39.0 Å². The summed E-state index contributed by atoms with van der Waals surface area (Å²) in [5, 5.41) is 6.45. The SMILES string of the molecule is CC1(C(=O)NCC2CCOCC2)CCCCN1. The summed E-state index contributed by atoms with van der Waals surface area (Å²) in [5.74, 6) is 0.767. The van der Waals surface area contributed by atoms with E-state index in [9.17, 15) is 4.79 Å². The summed E-state index contributed by atoms with van der Waals surface area (Å²) in [6.07, 6.45) is 5.43. The minimum absolute atomic E-state index is 0.170. The van der Waals surface area contributed by atoms with Crippen LogP contribution in [0.15, 0.2) is 0 Å². The molecule has 0 aromatic carbocycles. The molecule has 2 aliphatic rings. The Balaban J connectivity index is 1.75. The highest BCUT2D eigenvalue weighted by Crippen LogP contribution is 2.19. The Hall–Kier alpha value is -0.610. The van der Waals surface area contributed by atoms with Crippen molar-refractivity contribution in [2.75, 3.05) is 26.3 Å². The lowest BCUT2D eigenvalue weighted by Crippen LogP contribution is -2.57. The summed E-state index contributed by atoms with van der Waals surface area (Å²) in [6, 6.07) is 0. The zero-order chi connectivity index (χ0) is 12.1. The number of hydrogen-bond donors (Lipinski definition) is 2. The highest BCUT2D eigenvalue weighted by Gasteiger charge is 2.34. The van der Waals surface area contributed by atoms with Gasteiger partial charge in [0.15, 0.2) is 0 Å². The molecule has 2 rings (SSSR count). The molecular weight excluding hydrogens is 216 g/mol. The Morgan fingerprint density at radius 1 is 1.41 bits per heavy atom. The number of nitrogens with one attached hydrogen (secondary N) is 2. The van der Waals surface area contributed by atoms with E-state index >= 15 is 0 Å². The van der Waals surface area contributed by atoms with Gasteiger partial charge < -0.3 is 15.4 Å². The van der Waals surface area contributed by atoms with Crippen LogP contribution in [0.4, 0.5) is 0 Å². The van der Waals surface area contributed by atoms with Crippen LogP contribution in [0.3, 0.4) is 0 Å². The second kappa shape index (κ2) is 5.83. The van der Waals surface area contributed by atoms with Crippen LogP contribution in [0.5, 0.6) is 0 Å². The largest absolute Gasteiger partial charge is 0.381 e. The molecule has 1 atom stereocenters. The average Bonchev–Trinajstić information content (AvgIpc) is 2.38. The van der Waals surface area contributed by atoms with E-state index in [-0.39, 0.29) is 11.4 Å². The molecule has 2 heterocycles. The van der Waals surface area contributed by atoms with Gasteiger partial charge in [-0.05, 0) is 51.5 Å². The molecule has 4 nitrogen and oxygen atoms in total. The first-order valence-corrected chi connectivity index (χ1v) is 6.82. The molecule has 0 aromatic rings. The summed E-state index contributed by atoms with van der Waals surface area (Å²) >= 11 is 0. The molecule has 0 saturated carbocycles. The molecule has 17 heavy (non-hydrogen) atoms. The molecule has 2 fully saturated rings. The van der Waals surface area contributed by atoms with Crippen molar-refractivity contribution in [3.63, 3.8) is 0 Å². The maximum Gasteiger partial charge on any atom is 0.240 e. The number of ether oxygens (including phenoxy) is 1. The molecule has 0 radical (unpaired) electrons. The van der Waals surface area contributed by atoms with Gasteiger partial charge in [-0.15, -0.1) is 0 Å². The summed E-state index contributed by atoms with van der Waals surface area (Å²) in [7, 11) is 0. The molecule has 0 spiro atoms. The van der Waals surface area contributed by atoms with Gasteiger partial charge in [-0.3, -0.25) is 4.79 Å². The normalized spacial score (nSPS) is 31.1. The molecule has 4 heteroatoms. The van der Waals surface area contributed by atoms with Crippen molar-refractivity contribution in [2.45, 2.75) is 44.6 Å². The maximum atomic E-state index is 12.2. The Morgan fingerprint density at radius 3 is 2.82 bits per heavy atom. The smallest absolute Gasteiger partial charge is 0.240 e. The van der Waals surface area contributed by atoms with Crippen molar-refractivity contribution >= 4 is 5.91 Å². The van der Waals surface area contributed by atoms with Crippen LogP contribution in [-0.4, -0.2) is 37.7 Å². The van der Waals surface area contributed by atoms with E-state index in [0.717, 1.165) is 52.0 Å². The molecule has 98 valence electrons. The van der Waals surface area contributed by atoms with Crippen LogP contribution < -0.4 is 10.6 Å². The maximum absolute atomic E-state index is 12.2. The molecule has 0 aromatic heterocycles. The average molecular weight is 240 g/mol. The number of amides is 1. The van der Waals surface area contributed by atoms with E-state index in [2.05, 4.69) is 10.6 Å². The molecule has 0 aliphatic carbocycles. The highest BCUT2D eigenvalue weighted by atomic mass is 16.5. The lowest BCUT2D eigenvalue weighted by Gasteiger charge is -2.34. The zero-order valence-electron chi connectivity index (χ0n) is 10.8. The van der Waals surface area contributed by atoms with E-state index in [1.165, 1.54) is 6.42 Å². The number of rotatable bonds is 3. The Kier molecular flexibility index (Phi) is 4.40. The van der Waals surface area contributed by atoms with Gasteiger partial charge in [-0.2, -0.15) is 0 Å². The predicted octanol–water partition coefficient (Wildman–Crippen LogP) is 1.06. The van der Waals surface area contributed by atoms with E-state index in [1.54, 1.807) is 0 Å². The molecular formula is C13H24N2O2. The second-order valence-electron chi connectivity index (χ2n) is 5.48. The fraction of sp³-hybridized carbons (Fsp3) is 0.923. The molecule has 0 bridgehead atoms. The standard InChI is InChI=1S/C13H24N2O2/c1-13(6-2-3-7-15-13)12(16)14-10-11-4-8-17-9-5-11/h11,15H,2-10H2,1H3,(H,14,16). The first-order valence-electron chi connectivity index (χ1n) is 6.82. The Labute approximate surface area is 103 Å². The number of hydrogen-bond acceptors (Lipinski definition) is 3. The van der Waals surface area contributed by atoms with Crippen LogP contribution in [0.25, 0.3) is 0 Å². The third kappa shape index (κ3) is 3.42. The minimum Gasteiger partial charge on any atom is -0.381 e. The lowest BCUT2D eigenvalue weighted by atomic mass is 9.89. The molecule has 2 saturated heterocycles. The van der Waals surface area contributed by atoms with Crippen LogP contribution in [-0.2, 0) is 9.53 Å². The van der Waals surface area contributed by atoms with Crippen molar-refractivity contribution in [3.05, 3.63) is 0 Å². The molecule has 1 unspecified atom stereocenters. The molecule has 1 amide bonds. The Bertz CT molecular complexity index is 256. The van der Waals surface area contributed by atoms with Gasteiger partial charge in [-0.25, -0.2) is 0 Å². The van der Waals surface area contributed by atoms with Crippen LogP contribution in [0.2, 0.25) is 0 Å². The third-order valence-corrected chi connectivity index (χ3v) is 4.01. The second-order valence-corrected chi connectivity index (χ2v) is 5.48. The highest BCUT2D eigenvalue weighted by molar-refractivity contribution is 5.85. The van der Waals surface area contributed by atoms with Gasteiger partial charge >= 0.3 is 0 Å². The molecule has 2 aliphatic heterocycles. The van der Waals surface area contributed by atoms with E-state index in [1.807, 2.05) is 6.92 Å². The third-order valence-electron chi connectivity index (χ3n) is 4.01. The van der Waals surface area contributed by atoms with Gasteiger partial charge in [0, 0.05) is 19.8 Å². The quantitative estimate of drug-likeness (QED) is 0.775. The van der Waals surface area contributed by atoms with Gasteiger partial charge in [-0.1, -0.05) is 0 Å². The van der Waals surface area contributed by atoms with Gasteiger partial charge in [0.05, 0.1) is 5.54 Å². The van der Waals surface area contributed by atoms with Gasteiger partial charge in [0.2, 0.25) is 5.91 Å². The van der Waals surface area contributed by atoms with Crippen molar-refractivity contribution in [1.82, 2.24) is 10.6 Å². The van der Waals surface area contributed by atoms with E-state index < -0.39 is 0 Å². The topological polar surface area (TPSA) is 50.4 Å². The van der Waals surface area contributed by atoms with E-state index in [4.69, 9.17) is 4.74 Å². The zero-order valence-corrected chi connectivity index (χ0v) is 10.8. The number of piperidine rings is 1. The first-order chi connectivity index (χ1) is 8.21. The lowest BCUT2D eigenvalue weighted by molar-refractivity contribution is -0.128. The van der Waals surface area contributed by atoms with Crippen molar-refractivity contribution in [3.8, 4) is 0 Å². The first kappa shape index (κ1) is 12.8. The summed E-state index contributed by atoms with van der Waals surface area (Å²) < 4.78 is 5.32. The summed E-state index contributed by atoms with van der Waals surface area (Å²) in [6.45, 7) is 5.47. The van der Waals surface area contributed by atoms with Gasteiger partial charge in [0.1, 0.15) is 0 Å². The van der Waals surface area contributed by atoms with Crippen molar-refractivity contribution in [1.29, 1.82) is 0 Å². The minimum atomic E-state index is -0.344. The fourth-order valence-electron chi connectivity index (χ4n) is 2.63. The number of carbonyl (C=O) groups excluding carboxylic acids is 1. The summed E-state index contributed by atoms with van der Waals surface area (Å²) in [5.41, 5.74) is -0.344. The van der Waals surface area contributed by atoms with Crippen molar-refractivity contribution < 1.29 is 9.53 Å². The monoisotopic (exact) mass is 240 g/mol. The predicted molar refractivity (Wildman–Crippen MR) is 66.8 cm³/mol. The summed E-state index contributed by atoms with van der Waals surface area (Å²) in [4.78, 5) is 12.2. The van der Waals surface area contributed by atoms with E-state index in [0.29, 0.717) is 5.92 Å². The Morgan fingerprint density at radius 2 is 2.18 bits per heavy atom. The van der Waals surface area contributed by atoms with Crippen LogP contribution in [0, 0.1) is 5.92 Å².